The van der Waals surface area contributed by atoms with E-state index in [1.807, 2.05) is 77.0 Å². The zero-order chi connectivity index (χ0) is 19.3. The summed E-state index contributed by atoms with van der Waals surface area (Å²) in [5.41, 5.74) is 2.74. The maximum Gasteiger partial charge on any atom is 0.264 e. The van der Waals surface area contributed by atoms with Gasteiger partial charge in [-0.1, -0.05) is 48.5 Å². The highest BCUT2D eigenvalue weighted by Gasteiger charge is 2.27. The molecule has 28 heavy (non-hydrogen) atoms. The molecule has 2 aromatic carbocycles. The first-order valence-corrected chi connectivity index (χ1v) is 10.4. The molecule has 0 radical (unpaired) electrons. The van der Waals surface area contributed by atoms with Crippen molar-refractivity contribution in [3.63, 3.8) is 0 Å². The average molecular weight is 391 g/mol. The monoisotopic (exact) mass is 390 g/mol. The number of piperidine rings is 1. The topological polar surface area (TPSA) is 49.4 Å². The molecule has 4 nitrogen and oxygen atoms in total. The van der Waals surface area contributed by atoms with E-state index in [1.165, 1.54) is 11.3 Å². The average Bonchev–Trinajstić information content (AvgIpc) is 3.25. The molecule has 0 aliphatic carbocycles. The summed E-state index contributed by atoms with van der Waals surface area (Å²) >= 11 is 1.49. The number of likely N-dealkylation sites (tertiary alicyclic amines) is 1. The molecule has 1 aliphatic heterocycles. The lowest BCUT2D eigenvalue weighted by Gasteiger charge is -2.32. The van der Waals surface area contributed by atoms with E-state index in [0.717, 1.165) is 28.8 Å². The van der Waals surface area contributed by atoms with Crippen molar-refractivity contribution in [3.05, 3.63) is 82.6 Å². The summed E-state index contributed by atoms with van der Waals surface area (Å²) in [6, 6.07) is 21.4. The van der Waals surface area contributed by atoms with E-state index >= 15 is 0 Å². The number of nitrogens with one attached hydrogen (secondary N) is 1. The van der Waals surface area contributed by atoms with Crippen molar-refractivity contribution in [3.8, 4) is 11.1 Å². The van der Waals surface area contributed by atoms with Gasteiger partial charge in [-0.05, 0) is 42.0 Å². The van der Waals surface area contributed by atoms with Crippen LogP contribution in [0.1, 0.15) is 32.9 Å². The van der Waals surface area contributed by atoms with Crippen LogP contribution in [0.5, 0.6) is 0 Å². The smallest absolute Gasteiger partial charge is 0.264 e. The molecule has 1 aliphatic rings. The zero-order valence-corrected chi connectivity index (χ0v) is 16.3. The van der Waals surface area contributed by atoms with Gasteiger partial charge in [0.15, 0.2) is 0 Å². The maximum atomic E-state index is 13.1. The van der Waals surface area contributed by atoms with E-state index in [1.54, 1.807) is 0 Å². The van der Waals surface area contributed by atoms with Gasteiger partial charge in [-0.25, -0.2) is 0 Å². The number of hydrogen-bond donors (Lipinski definition) is 1. The first-order chi connectivity index (χ1) is 13.7. The van der Waals surface area contributed by atoms with E-state index in [0.29, 0.717) is 18.7 Å². The van der Waals surface area contributed by atoms with Crippen LogP contribution >= 0.6 is 11.3 Å². The molecule has 5 heteroatoms. The number of carbonyl (C=O) groups excluding carboxylic acids is 2. The van der Waals surface area contributed by atoms with Crippen molar-refractivity contribution < 1.29 is 9.59 Å². The Morgan fingerprint density at radius 2 is 1.54 bits per heavy atom. The third-order valence-electron chi connectivity index (χ3n) is 5.10. The van der Waals surface area contributed by atoms with Gasteiger partial charge in [0.25, 0.3) is 11.8 Å². The Labute approximate surface area is 168 Å². The van der Waals surface area contributed by atoms with Crippen molar-refractivity contribution in [2.45, 2.75) is 18.9 Å². The van der Waals surface area contributed by atoms with Crippen molar-refractivity contribution in [1.82, 2.24) is 10.2 Å². The Kier molecular flexibility index (Phi) is 5.53. The van der Waals surface area contributed by atoms with Gasteiger partial charge in [-0.3, -0.25) is 9.59 Å². The van der Waals surface area contributed by atoms with Crippen molar-refractivity contribution in [1.29, 1.82) is 0 Å². The molecule has 3 aromatic rings. The zero-order valence-electron chi connectivity index (χ0n) is 15.5. The van der Waals surface area contributed by atoms with Gasteiger partial charge in [0.05, 0.1) is 4.88 Å². The molecule has 4 rings (SSSR count). The lowest BCUT2D eigenvalue weighted by molar-refractivity contribution is 0.0703. The number of nitrogens with zero attached hydrogens (tertiary/aromatic N) is 1. The van der Waals surface area contributed by atoms with Crippen LogP contribution in [0.3, 0.4) is 0 Å². The summed E-state index contributed by atoms with van der Waals surface area (Å²) in [5, 5.41) is 5.07. The number of thiophene rings is 1. The second-order valence-electron chi connectivity index (χ2n) is 6.94. The summed E-state index contributed by atoms with van der Waals surface area (Å²) in [4.78, 5) is 28.1. The van der Waals surface area contributed by atoms with Crippen LogP contribution in [0.15, 0.2) is 72.1 Å². The van der Waals surface area contributed by atoms with Crippen LogP contribution in [0.2, 0.25) is 0 Å². The molecular formula is C23H22N2O2S. The molecule has 2 amide bonds. The predicted molar refractivity (Wildman–Crippen MR) is 113 cm³/mol. The van der Waals surface area contributed by atoms with Gasteiger partial charge < -0.3 is 10.2 Å². The van der Waals surface area contributed by atoms with Gasteiger partial charge >= 0.3 is 0 Å². The highest BCUT2D eigenvalue weighted by Crippen LogP contribution is 2.30. The molecule has 1 fully saturated rings. The fourth-order valence-corrected chi connectivity index (χ4v) is 4.43. The third kappa shape index (κ3) is 3.99. The second-order valence-corrected chi connectivity index (χ2v) is 7.85. The molecule has 0 unspecified atom stereocenters. The minimum absolute atomic E-state index is 0.0463. The third-order valence-corrected chi connectivity index (χ3v) is 6.00. The Morgan fingerprint density at radius 3 is 2.21 bits per heavy atom. The van der Waals surface area contributed by atoms with Crippen LogP contribution in [0.25, 0.3) is 11.1 Å². The van der Waals surface area contributed by atoms with Crippen molar-refractivity contribution >= 4 is 23.2 Å². The Bertz CT molecular complexity index is 945. The quantitative estimate of drug-likeness (QED) is 0.715. The predicted octanol–water partition coefficient (Wildman–Crippen LogP) is 4.45. The SMILES string of the molecule is O=C(NC1CCN(C(=O)c2sccc2-c2ccccc2)CC1)c1ccccc1. The fraction of sp³-hybridized carbons (Fsp3) is 0.217. The number of amides is 2. The summed E-state index contributed by atoms with van der Waals surface area (Å²) in [5.74, 6) is 0.0386. The number of rotatable bonds is 4. The molecule has 0 saturated carbocycles. The lowest BCUT2D eigenvalue weighted by atomic mass is 10.0. The van der Waals surface area contributed by atoms with Crippen LogP contribution in [0, 0.1) is 0 Å². The maximum absolute atomic E-state index is 13.1. The minimum atomic E-state index is -0.0463. The van der Waals surface area contributed by atoms with Crippen LogP contribution < -0.4 is 5.32 Å². The molecular weight excluding hydrogens is 368 g/mol. The van der Waals surface area contributed by atoms with Crippen LogP contribution in [0.4, 0.5) is 0 Å². The fourth-order valence-electron chi connectivity index (χ4n) is 3.55. The standard InChI is InChI=1S/C23H22N2O2S/c26-22(18-9-5-2-6-10-18)24-19-11-14-25(15-12-19)23(27)21-20(13-16-28-21)17-7-3-1-4-8-17/h1-10,13,16,19H,11-12,14-15H2,(H,24,26). The molecule has 1 saturated heterocycles. The van der Waals surface area contributed by atoms with Gasteiger partial charge in [-0.2, -0.15) is 0 Å². The Morgan fingerprint density at radius 1 is 0.893 bits per heavy atom. The minimum Gasteiger partial charge on any atom is -0.349 e. The van der Waals surface area contributed by atoms with Gasteiger partial charge in [-0.15, -0.1) is 11.3 Å². The first kappa shape index (κ1) is 18.4. The summed E-state index contributed by atoms with van der Waals surface area (Å²) in [7, 11) is 0. The molecule has 0 spiro atoms. The van der Waals surface area contributed by atoms with Crippen LogP contribution in [-0.2, 0) is 0 Å². The first-order valence-electron chi connectivity index (χ1n) is 9.50. The van der Waals surface area contributed by atoms with E-state index in [-0.39, 0.29) is 17.9 Å². The van der Waals surface area contributed by atoms with Crippen LogP contribution in [-0.4, -0.2) is 35.8 Å². The Balaban J connectivity index is 1.38. The van der Waals surface area contributed by atoms with E-state index in [2.05, 4.69) is 5.32 Å². The second kappa shape index (κ2) is 8.40. The summed E-state index contributed by atoms with van der Waals surface area (Å²) in [6.45, 7) is 1.31. The van der Waals surface area contributed by atoms with Crippen molar-refractivity contribution in [2.75, 3.05) is 13.1 Å². The summed E-state index contributed by atoms with van der Waals surface area (Å²) in [6.07, 6.45) is 1.55. The Hall–Kier alpha value is -2.92. The normalized spacial score (nSPS) is 14.6. The highest BCUT2D eigenvalue weighted by molar-refractivity contribution is 7.12. The molecule has 142 valence electrons. The molecule has 1 aromatic heterocycles. The van der Waals surface area contributed by atoms with E-state index in [9.17, 15) is 9.59 Å². The largest absolute Gasteiger partial charge is 0.349 e. The molecule has 0 bridgehead atoms. The lowest BCUT2D eigenvalue weighted by Crippen LogP contribution is -2.46. The van der Waals surface area contributed by atoms with E-state index in [4.69, 9.17) is 0 Å². The van der Waals surface area contributed by atoms with Crippen molar-refractivity contribution in [2.24, 2.45) is 0 Å². The van der Waals surface area contributed by atoms with Gasteiger partial charge in [0.2, 0.25) is 0 Å². The van der Waals surface area contributed by atoms with E-state index < -0.39 is 0 Å². The highest BCUT2D eigenvalue weighted by atomic mass is 32.1. The molecule has 1 N–H and O–H groups in total. The van der Waals surface area contributed by atoms with Gasteiger partial charge in [0, 0.05) is 30.3 Å². The molecule has 2 heterocycles. The number of hydrogen-bond acceptors (Lipinski definition) is 3. The number of carbonyl (C=O) groups is 2. The molecule has 0 atom stereocenters. The van der Waals surface area contributed by atoms with Gasteiger partial charge in [0.1, 0.15) is 0 Å². The summed E-state index contributed by atoms with van der Waals surface area (Å²) < 4.78 is 0. The number of benzene rings is 2.